The molecule has 1 nitrogen and oxygen atoms in total. The van der Waals surface area contributed by atoms with Gasteiger partial charge in [-0.25, -0.2) is 9.37 Å². The van der Waals surface area contributed by atoms with Crippen molar-refractivity contribution in [3.8, 4) is 0 Å². The quantitative estimate of drug-likeness (QED) is 0.813. The Kier molecular flexibility index (Phi) is 2.93. The molecule has 0 atom stereocenters. The maximum absolute atomic E-state index is 12.9. The second kappa shape index (κ2) is 4.19. The van der Waals surface area contributed by atoms with E-state index in [1.54, 1.807) is 29.7 Å². The van der Waals surface area contributed by atoms with E-state index in [4.69, 9.17) is 0 Å². The predicted molar refractivity (Wildman–Crippen MR) is 59.0 cm³/mol. The molecule has 2 rings (SSSR count). The predicted octanol–water partition coefficient (Wildman–Crippen LogP) is 3.64. The normalized spacial score (nSPS) is 10.4. The van der Waals surface area contributed by atoms with Crippen LogP contribution in [0.25, 0.3) is 0 Å². The van der Waals surface area contributed by atoms with E-state index < -0.39 is 0 Å². The average molecular weight is 272 g/mol. The summed E-state index contributed by atoms with van der Waals surface area (Å²) < 4.78 is 13.4. The molecule has 0 spiro atoms. The van der Waals surface area contributed by atoms with Crippen LogP contribution in [0.2, 0.25) is 0 Å². The van der Waals surface area contributed by atoms with Gasteiger partial charge in [0.1, 0.15) is 5.82 Å². The Bertz CT molecular complexity index is 428. The maximum atomic E-state index is 12.9. The first kappa shape index (κ1) is 9.80. The van der Waals surface area contributed by atoms with Crippen molar-refractivity contribution in [1.29, 1.82) is 0 Å². The van der Waals surface area contributed by atoms with Crippen LogP contribution in [-0.2, 0) is 6.42 Å². The summed E-state index contributed by atoms with van der Waals surface area (Å²) in [7, 11) is 0. The lowest BCUT2D eigenvalue weighted by Crippen LogP contribution is -1.88. The SMILES string of the molecule is Fc1ccc(Cc2nccs2)cc1Br. The summed E-state index contributed by atoms with van der Waals surface area (Å²) in [6.07, 6.45) is 2.54. The fourth-order valence-corrected chi connectivity index (χ4v) is 2.24. The minimum atomic E-state index is -0.229. The van der Waals surface area contributed by atoms with Crippen molar-refractivity contribution in [3.63, 3.8) is 0 Å². The fraction of sp³-hybridized carbons (Fsp3) is 0.100. The Morgan fingerprint density at radius 3 is 2.93 bits per heavy atom. The second-order valence-electron chi connectivity index (χ2n) is 2.85. The molecule has 0 aliphatic heterocycles. The summed E-state index contributed by atoms with van der Waals surface area (Å²) in [5.41, 5.74) is 1.06. The highest BCUT2D eigenvalue weighted by molar-refractivity contribution is 9.10. The number of hydrogen-bond donors (Lipinski definition) is 0. The van der Waals surface area contributed by atoms with Gasteiger partial charge in [0.15, 0.2) is 0 Å². The summed E-state index contributed by atoms with van der Waals surface area (Å²) in [5.74, 6) is -0.229. The second-order valence-corrected chi connectivity index (χ2v) is 4.68. The van der Waals surface area contributed by atoms with Gasteiger partial charge in [0.05, 0.1) is 9.48 Å². The van der Waals surface area contributed by atoms with Crippen LogP contribution in [0, 0.1) is 5.82 Å². The van der Waals surface area contributed by atoms with Crippen molar-refractivity contribution in [2.75, 3.05) is 0 Å². The lowest BCUT2D eigenvalue weighted by atomic mass is 10.1. The third-order valence-corrected chi connectivity index (χ3v) is 3.21. The van der Waals surface area contributed by atoms with Crippen LogP contribution in [0.15, 0.2) is 34.2 Å². The highest BCUT2D eigenvalue weighted by Gasteiger charge is 2.02. The number of hydrogen-bond acceptors (Lipinski definition) is 2. The standard InChI is InChI=1S/C10H7BrFNS/c11-8-5-7(1-2-9(8)12)6-10-13-3-4-14-10/h1-5H,6H2. The molecule has 0 unspecified atom stereocenters. The number of rotatable bonds is 2. The number of aromatic nitrogens is 1. The zero-order chi connectivity index (χ0) is 9.97. The molecule has 0 saturated carbocycles. The van der Waals surface area contributed by atoms with Crippen LogP contribution < -0.4 is 0 Å². The maximum Gasteiger partial charge on any atom is 0.137 e. The fourth-order valence-electron chi connectivity index (χ4n) is 1.16. The van der Waals surface area contributed by atoms with Gasteiger partial charge in [-0.3, -0.25) is 0 Å². The molecule has 0 bridgehead atoms. The van der Waals surface area contributed by atoms with Crippen LogP contribution >= 0.6 is 27.3 Å². The molecule has 4 heteroatoms. The lowest BCUT2D eigenvalue weighted by molar-refractivity contribution is 0.620. The van der Waals surface area contributed by atoms with Crippen LogP contribution in [0.5, 0.6) is 0 Å². The van der Waals surface area contributed by atoms with Crippen LogP contribution in [0.1, 0.15) is 10.6 Å². The summed E-state index contributed by atoms with van der Waals surface area (Å²) in [6.45, 7) is 0. The Hall–Kier alpha value is -0.740. The monoisotopic (exact) mass is 271 g/mol. The van der Waals surface area contributed by atoms with Crippen LogP contribution in [-0.4, -0.2) is 4.98 Å². The minimum absolute atomic E-state index is 0.229. The molecule has 1 aromatic heterocycles. The average Bonchev–Trinajstić information content (AvgIpc) is 2.64. The third kappa shape index (κ3) is 2.19. The first-order valence-corrected chi connectivity index (χ1v) is 5.75. The summed E-state index contributed by atoms with van der Waals surface area (Å²) in [6, 6.07) is 5.03. The van der Waals surface area contributed by atoms with E-state index >= 15 is 0 Å². The van der Waals surface area contributed by atoms with Crippen molar-refractivity contribution in [1.82, 2.24) is 4.98 Å². The van der Waals surface area contributed by atoms with E-state index in [0.717, 1.165) is 17.0 Å². The van der Waals surface area contributed by atoms with Crippen molar-refractivity contribution in [2.45, 2.75) is 6.42 Å². The van der Waals surface area contributed by atoms with E-state index in [1.807, 2.05) is 5.38 Å². The first-order chi connectivity index (χ1) is 6.75. The molecule has 0 aliphatic rings. The van der Waals surface area contributed by atoms with Crippen molar-refractivity contribution < 1.29 is 4.39 Å². The van der Waals surface area contributed by atoms with Gasteiger partial charge in [0.25, 0.3) is 0 Å². The van der Waals surface area contributed by atoms with E-state index in [-0.39, 0.29) is 5.82 Å². The molecule has 0 amide bonds. The lowest BCUT2D eigenvalue weighted by Gasteiger charge is -1.99. The number of nitrogens with zero attached hydrogens (tertiary/aromatic N) is 1. The Labute approximate surface area is 93.7 Å². The molecule has 72 valence electrons. The molecule has 2 aromatic rings. The zero-order valence-electron chi connectivity index (χ0n) is 7.21. The van der Waals surface area contributed by atoms with Gasteiger partial charge in [-0.1, -0.05) is 6.07 Å². The number of benzene rings is 1. The largest absolute Gasteiger partial charge is 0.249 e. The molecule has 1 heterocycles. The molecular formula is C10H7BrFNS. The van der Waals surface area contributed by atoms with E-state index in [0.29, 0.717) is 4.47 Å². The summed E-state index contributed by atoms with van der Waals surface area (Å²) in [5, 5.41) is 2.98. The zero-order valence-corrected chi connectivity index (χ0v) is 9.61. The molecule has 0 N–H and O–H groups in total. The molecule has 1 aromatic carbocycles. The minimum Gasteiger partial charge on any atom is -0.249 e. The van der Waals surface area contributed by atoms with Crippen LogP contribution in [0.3, 0.4) is 0 Å². The molecule has 0 saturated heterocycles. The topological polar surface area (TPSA) is 12.9 Å². The van der Waals surface area contributed by atoms with Gasteiger partial charge in [-0.15, -0.1) is 11.3 Å². The first-order valence-electron chi connectivity index (χ1n) is 4.08. The van der Waals surface area contributed by atoms with Crippen molar-refractivity contribution >= 4 is 27.3 Å². The highest BCUT2D eigenvalue weighted by Crippen LogP contribution is 2.19. The summed E-state index contributed by atoms with van der Waals surface area (Å²) in [4.78, 5) is 4.17. The van der Waals surface area contributed by atoms with Crippen molar-refractivity contribution in [2.24, 2.45) is 0 Å². The molecule has 14 heavy (non-hydrogen) atoms. The molecular weight excluding hydrogens is 265 g/mol. The van der Waals surface area contributed by atoms with Gasteiger partial charge in [0.2, 0.25) is 0 Å². The van der Waals surface area contributed by atoms with Gasteiger partial charge in [-0.2, -0.15) is 0 Å². The Balaban J connectivity index is 2.22. The van der Waals surface area contributed by atoms with Gasteiger partial charge in [0, 0.05) is 18.0 Å². The molecule has 0 aliphatic carbocycles. The van der Waals surface area contributed by atoms with Gasteiger partial charge >= 0.3 is 0 Å². The van der Waals surface area contributed by atoms with E-state index in [1.165, 1.54) is 6.07 Å². The Morgan fingerprint density at radius 1 is 1.43 bits per heavy atom. The number of thiazole rings is 1. The highest BCUT2D eigenvalue weighted by atomic mass is 79.9. The number of halogens is 2. The van der Waals surface area contributed by atoms with Gasteiger partial charge < -0.3 is 0 Å². The smallest absolute Gasteiger partial charge is 0.137 e. The summed E-state index contributed by atoms with van der Waals surface area (Å²) >= 11 is 4.77. The third-order valence-electron chi connectivity index (χ3n) is 1.82. The van der Waals surface area contributed by atoms with Gasteiger partial charge in [-0.05, 0) is 33.6 Å². The van der Waals surface area contributed by atoms with E-state index in [9.17, 15) is 4.39 Å². The van der Waals surface area contributed by atoms with Crippen LogP contribution in [0.4, 0.5) is 4.39 Å². The molecule has 0 fully saturated rings. The molecule has 0 radical (unpaired) electrons. The van der Waals surface area contributed by atoms with E-state index in [2.05, 4.69) is 20.9 Å². The Morgan fingerprint density at radius 2 is 2.29 bits per heavy atom. The van der Waals surface area contributed by atoms with Crippen molar-refractivity contribution in [3.05, 3.63) is 50.6 Å².